The molecule has 1 fully saturated rings. The zero-order valence-corrected chi connectivity index (χ0v) is 22.8. The first-order valence-electron chi connectivity index (χ1n) is 12.8. The van der Waals surface area contributed by atoms with Crippen molar-refractivity contribution in [3.05, 3.63) is 46.1 Å². The molecule has 0 bridgehead atoms. The molecule has 5 heteroatoms. The molecule has 1 saturated carbocycles. The van der Waals surface area contributed by atoms with Crippen molar-refractivity contribution in [3.63, 3.8) is 0 Å². The van der Waals surface area contributed by atoms with Gasteiger partial charge in [-0.1, -0.05) is 77.6 Å². The highest BCUT2D eigenvalue weighted by Crippen LogP contribution is 2.43. The maximum atomic E-state index is 12.5. The van der Waals surface area contributed by atoms with E-state index in [0.717, 1.165) is 36.3 Å². The zero-order valence-electron chi connectivity index (χ0n) is 22.0. The monoisotopic (exact) mass is 489 g/mol. The van der Waals surface area contributed by atoms with Crippen LogP contribution in [0.4, 0.5) is 0 Å². The van der Waals surface area contributed by atoms with E-state index in [4.69, 9.17) is 16.7 Å². The number of allylic oxidation sites excluding steroid dienone is 1. The Hall–Kier alpha value is -1.81. The topological polar surface area (TPSA) is 57.6 Å². The van der Waals surface area contributed by atoms with Crippen molar-refractivity contribution < 1.29 is 14.7 Å². The molecule has 0 aliphatic heterocycles. The van der Waals surface area contributed by atoms with Crippen LogP contribution in [0.25, 0.3) is 0 Å². The number of rotatable bonds is 10. The molecule has 1 aliphatic carbocycles. The summed E-state index contributed by atoms with van der Waals surface area (Å²) in [6, 6.07) is 6.47. The van der Waals surface area contributed by atoms with Gasteiger partial charge in [0.2, 0.25) is 5.91 Å². The minimum absolute atomic E-state index is 0.0509. The van der Waals surface area contributed by atoms with Crippen LogP contribution in [0, 0.1) is 11.3 Å². The number of aryl methyl sites for hydroxylation is 1. The van der Waals surface area contributed by atoms with Crippen LogP contribution in [0.3, 0.4) is 0 Å². The predicted molar refractivity (Wildman–Crippen MR) is 141 cm³/mol. The van der Waals surface area contributed by atoms with Crippen LogP contribution < -0.4 is 0 Å². The third-order valence-electron chi connectivity index (χ3n) is 7.17. The van der Waals surface area contributed by atoms with Gasteiger partial charge in [0.25, 0.3) is 0 Å². The van der Waals surface area contributed by atoms with Gasteiger partial charge in [-0.2, -0.15) is 0 Å². The lowest BCUT2D eigenvalue weighted by Crippen LogP contribution is -2.32. The summed E-state index contributed by atoms with van der Waals surface area (Å²) in [5, 5.41) is 9.84. The van der Waals surface area contributed by atoms with Crippen molar-refractivity contribution in [2.24, 2.45) is 11.3 Å². The number of nitrogens with zero attached hydrogens (tertiary/aromatic N) is 1. The van der Waals surface area contributed by atoms with Gasteiger partial charge in [-0.15, -0.1) is 0 Å². The number of carbonyl (C=O) groups is 2. The maximum absolute atomic E-state index is 12.5. The molecule has 0 saturated heterocycles. The van der Waals surface area contributed by atoms with E-state index < -0.39 is 5.97 Å². The number of amides is 1. The molecule has 0 heterocycles. The predicted octanol–water partition coefficient (Wildman–Crippen LogP) is 7.77. The van der Waals surface area contributed by atoms with Crippen LogP contribution in [0.15, 0.2) is 30.0 Å². The van der Waals surface area contributed by atoms with E-state index in [-0.39, 0.29) is 23.2 Å². The molecular formula is C29H44ClNO3. The van der Waals surface area contributed by atoms with Crippen LogP contribution in [0.5, 0.6) is 0 Å². The van der Waals surface area contributed by atoms with Gasteiger partial charge < -0.3 is 10.0 Å². The highest BCUT2D eigenvalue weighted by atomic mass is 35.5. The van der Waals surface area contributed by atoms with E-state index in [0.29, 0.717) is 18.9 Å². The van der Waals surface area contributed by atoms with Gasteiger partial charge >= 0.3 is 5.97 Å². The Morgan fingerprint density at radius 1 is 1.12 bits per heavy atom. The van der Waals surface area contributed by atoms with Crippen molar-refractivity contribution in [1.82, 2.24) is 4.90 Å². The van der Waals surface area contributed by atoms with Gasteiger partial charge in [-0.25, -0.2) is 0 Å². The van der Waals surface area contributed by atoms with Gasteiger partial charge in [0.1, 0.15) is 0 Å². The average Bonchev–Trinajstić information content (AvgIpc) is 2.74. The molecule has 2 rings (SSSR count). The fraction of sp³-hybridized carbons (Fsp3) is 0.655. The van der Waals surface area contributed by atoms with Crippen LogP contribution in [-0.4, -0.2) is 28.4 Å². The molecule has 4 nitrogen and oxygen atoms in total. The van der Waals surface area contributed by atoms with Crippen molar-refractivity contribution in [1.29, 1.82) is 0 Å². The Kier molecular flexibility index (Phi) is 10.2. The summed E-state index contributed by atoms with van der Waals surface area (Å²) in [7, 11) is 0. The lowest BCUT2D eigenvalue weighted by Gasteiger charge is -2.37. The molecule has 0 aromatic heterocycles. The van der Waals surface area contributed by atoms with Gasteiger partial charge in [0.15, 0.2) is 0 Å². The first-order chi connectivity index (χ1) is 15.8. The second-order valence-electron chi connectivity index (χ2n) is 11.6. The minimum Gasteiger partial charge on any atom is -0.481 e. The van der Waals surface area contributed by atoms with E-state index in [9.17, 15) is 9.59 Å². The number of carboxylic acid groups (broad SMARTS) is 1. The molecule has 0 radical (unpaired) electrons. The summed E-state index contributed by atoms with van der Waals surface area (Å²) in [5.41, 5.74) is 3.54. The summed E-state index contributed by atoms with van der Waals surface area (Å²) in [6.45, 7) is 13.2. The Balaban J connectivity index is 2.40. The average molecular weight is 490 g/mol. The van der Waals surface area contributed by atoms with Crippen LogP contribution >= 0.6 is 11.6 Å². The molecule has 1 aromatic rings. The molecule has 1 N–H and O–H groups in total. The summed E-state index contributed by atoms with van der Waals surface area (Å²) < 4.78 is 0. The number of hydrogen-bond acceptors (Lipinski definition) is 2. The molecule has 190 valence electrons. The molecule has 0 unspecified atom stereocenters. The molecule has 1 aliphatic rings. The molecule has 0 atom stereocenters. The van der Waals surface area contributed by atoms with Crippen molar-refractivity contribution in [2.75, 3.05) is 6.54 Å². The Morgan fingerprint density at radius 3 is 2.29 bits per heavy atom. The Labute approximate surface area is 211 Å². The van der Waals surface area contributed by atoms with Crippen LogP contribution in [0.2, 0.25) is 5.02 Å². The van der Waals surface area contributed by atoms with Crippen molar-refractivity contribution >= 4 is 23.5 Å². The van der Waals surface area contributed by atoms with E-state index in [2.05, 4.69) is 52.8 Å². The largest absolute Gasteiger partial charge is 0.481 e. The Bertz CT molecular complexity index is 876. The summed E-state index contributed by atoms with van der Waals surface area (Å²) >= 11 is 6.77. The molecule has 1 aromatic carbocycles. The van der Waals surface area contributed by atoms with Crippen molar-refractivity contribution in [3.8, 4) is 0 Å². The first-order valence-corrected chi connectivity index (χ1v) is 13.2. The SMILES string of the molecule is CC(=O)N(/C=C(/C1CCCCC1)C(C)(C)c1ccc(CCC(C)(C)C)c(Cl)c1)CCCC(=O)O. The van der Waals surface area contributed by atoms with E-state index in [1.165, 1.54) is 30.4 Å². The van der Waals surface area contributed by atoms with Crippen LogP contribution in [-0.2, 0) is 21.4 Å². The van der Waals surface area contributed by atoms with Crippen LogP contribution in [0.1, 0.15) is 104 Å². The van der Waals surface area contributed by atoms with Gasteiger partial charge in [-0.05, 0) is 66.2 Å². The highest BCUT2D eigenvalue weighted by molar-refractivity contribution is 6.31. The lowest BCUT2D eigenvalue weighted by molar-refractivity contribution is -0.137. The molecule has 1 amide bonds. The smallest absolute Gasteiger partial charge is 0.303 e. The zero-order chi connectivity index (χ0) is 25.5. The summed E-state index contributed by atoms with van der Waals surface area (Å²) in [4.78, 5) is 25.2. The number of halogens is 1. The minimum atomic E-state index is -0.832. The Morgan fingerprint density at radius 2 is 1.76 bits per heavy atom. The number of benzene rings is 1. The second kappa shape index (κ2) is 12.2. The maximum Gasteiger partial charge on any atom is 0.303 e. The molecule has 34 heavy (non-hydrogen) atoms. The fourth-order valence-corrected chi connectivity index (χ4v) is 5.16. The number of aliphatic carboxylic acids is 1. The number of hydrogen-bond donors (Lipinski definition) is 1. The third-order valence-corrected chi connectivity index (χ3v) is 7.53. The number of carbonyl (C=O) groups excluding carboxylic acids is 1. The van der Waals surface area contributed by atoms with Gasteiger partial charge in [-0.3, -0.25) is 9.59 Å². The fourth-order valence-electron chi connectivity index (χ4n) is 4.89. The normalized spacial score (nSPS) is 15.9. The highest BCUT2D eigenvalue weighted by Gasteiger charge is 2.33. The molecule has 0 spiro atoms. The first kappa shape index (κ1) is 28.4. The lowest BCUT2D eigenvalue weighted by atomic mass is 9.69. The third kappa shape index (κ3) is 8.45. The van der Waals surface area contributed by atoms with Crippen molar-refractivity contribution in [2.45, 2.75) is 105 Å². The second-order valence-corrected chi connectivity index (χ2v) is 12.0. The number of carboxylic acids is 1. The van der Waals surface area contributed by atoms with E-state index in [1.54, 1.807) is 11.8 Å². The van der Waals surface area contributed by atoms with E-state index in [1.807, 2.05) is 6.20 Å². The van der Waals surface area contributed by atoms with Gasteiger partial charge in [0, 0.05) is 36.5 Å². The van der Waals surface area contributed by atoms with E-state index >= 15 is 0 Å². The standard InChI is InChI=1S/C29H44ClNO3/c1-21(32)31(18-10-13-27(33)34)20-25(22-11-8-7-9-12-22)29(5,6)24-15-14-23(26(30)19-24)16-17-28(2,3)4/h14-15,19-20,22H,7-13,16-18H2,1-6H3,(H,33,34)/b25-20-. The van der Waals surface area contributed by atoms with Gasteiger partial charge in [0.05, 0.1) is 0 Å². The molecular weight excluding hydrogens is 446 g/mol. The quantitative estimate of drug-likeness (QED) is 0.365. The summed E-state index contributed by atoms with van der Waals surface area (Å²) in [5.74, 6) is -0.476. The summed E-state index contributed by atoms with van der Waals surface area (Å²) in [6.07, 6.45) is 10.5.